The summed E-state index contributed by atoms with van der Waals surface area (Å²) in [7, 11) is 1.74. The van der Waals surface area contributed by atoms with Crippen molar-refractivity contribution in [2.24, 2.45) is 16.5 Å². The van der Waals surface area contributed by atoms with Crippen LogP contribution in [0.15, 0.2) is 71.6 Å². The first kappa shape index (κ1) is 20.5. The van der Waals surface area contributed by atoms with E-state index < -0.39 is 0 Å². The standard InChI is InChI=1S/C25H28N6/c1-16(27)25-19-9-8-17(18(14-26)15-28-2)13-21(19)24(10-12-30-25)31-23-7-3-6-22-20(23)5-4-11-29-22/h3-9,11,13-15,24,30-31H,10,12,26-27H2,1-2H3/b18-14?,25-16-,28-15?. The number of aliphatic imine (C=N–C) groups is 1. The number of aromatic nitrogens is 1. The van der Waals surface area contributed by atoms with Crippen LogP contribution < -0.4 is 22.1 Å². The number of anilines is 1. The zero-order chi connectivity index (χ0) is 21.8. The van der Waals surface area contributed by atoms with Gasteiger partial charge in [0.15, 0.2) is 0 Å². The number of pyridine rings is 1. The summed E-state index contributed by atoms with van der Waals surface area (Å²) in [5, 5.41) is 8.39. The van der Waals surface area contributed by atoms with Crippen molar-refractivity contribution < 1.29 is 0 Å². The smallest absolute Gasteiger partial charge is 0.0722 e. The quantitative estimate of drug-likeness (QED) is 0.485. The Morgan fingerprint density at radius 3 is 2.87 bits per heavy atom. The van der Waals surface area contributed by atoms with Crippen LogP contribution >= 0.6 is 0 Å². The monoisotopic (exact) mass is 412 g/mol. The molecule has 1 atom stereocenters. The van der Waals surface area contributed by atoms with Gasteiger partial charge in [0.2, 0.25) is 0 Å². The van der Waals surface area contributed by atoms with Gasteiger partial charge in [-0.25, -0.2) is 0 Å². The van der Waals surface area contributed by atoms with Gasteiger partial charge in [-0.2, -0.15) is 0 Å². The Morgan fingerprint density at radius 1 is 1.23 bits per heavy atom. The summed E-state index contributed by atoms with van der Waals surface area (Å²) in [6.07, 6.45) is 6.08. The van der Waals surface area contributed by atoms with Crippen molar-refractivity contribution >= 4 is 34.1 Å². The molecule has 1 aromatic heterocycles. The van der Waals surface area contributed by atoms with Crippen LogP contribution in [0.5, 0.6) is 0 Å². The molecule has 0 saturated carbocycles. The lowest BCUT2D eigenvalue weighted by atomic mass is 9.92. The van der Waals surface area contributed by atoms with Crippen LogP contribution in [0.2, 0.25) is 0 Å². The van der Waals surface area contributed by atoms with Crippen LogP contribution in [-0.4, -0.2) is 24.8 Å². The average molecular weight is 413 g/mol. The predicted octanol–water partition coefficient (Wildman–Crippen LogP) is 4.03. The zero-order valence-electron chi connectivity index (χ0n) is 17.9. The molecule has 0 fully saturated rings. The molecule has 6 nitrogen and oxygen atoms in total. The van der Waals surface area contributed by atoms with Crippen LogP contribution in [0.1, 0.15) is 36.1 Å². The summed E-state index contributed by atoms with van der Waals surface area (Å²) in [6, 6.07) is 16.7. The minimum absolute atomic E-state index is 0.0858. The van der Waals surface area contributed by atoms with Gasteiger partial charge in [-0.3, -0.25) is 9.98 Å². The first-order valence-electron chi connectivity index (χ1n) is 10.4. The summed E-state index contributed by atoms with van der Waals surface area (Å²) < 4.78 is 0. The average Bonchev–Trinajstić information content (AvgIpc) is 2.97. The molecule has 2 aromatic carbocycles. The molecule has 0 amide bonds. The number of hydrogen-bond donors (Lipinski definition) is 4. The van der Waals surface area contributed by atoms with E-state index in [1.807, 2.05) is 31.3 Å². The van der Waals surface area contributed by atoms with Crippen molar-refractivity contribution in [3.63, 3.8) is 0 Å². The van der Waals surface area contributed by atoms with Gasteiger partial charge in [-0.05, 0) is 54.8 Å². The fraction of sp³-hybridized carbons (Fsp3) is 0.200. The Morgan fingerprint density at radius 2 is 2.10 bits per heavy atom. The SMILES string of the molecule is CN=CC(=CN)c1ccc2c(c1)C(Nc1cccc3ncccc13)CCN/C2=C(/C)N. The van der Waals surface area contributed by atoms with E-state index >= 15 is 0 Å². The molecule has 6 heteroatoms. The normalized spacial score (nSPS) is 18.4. The van der Waals surface area contributed by atoms with E-state index in [2.05, 4.69) is 50.9 Å². The molecule has 1 aliphatic rings. The van der Waals surface area contributed by atoms with E-state index in [4.69, 9.17) is 11.5 Å². The van der Waals surface area contributed by atoms with Gasteiger partial charge in [0.05, 0.1) is 17.3 Å². The summed E-state index contributed by atoms with van der Waals surface area (Å²) >= 11 is 0. The Labute approximate surface area is 182 Å². The minimum Gasteiger partial charge on any atom is -0.404 e. The van der Waals surface area contributed by atoms with E-state index in [0.29, 0.717) is 0 Å². The number of nitrogens with zero attached hydrogens (tertiary/aromatic N) is 2. The van der Waals surface area contributed by atoms with Crippen molar-refractivity contribution in [3.05, 3.63) is 83.3 Å². The second-order valence-electron chi connectivity index (χ2n) is 7.66. The van der Waals surface area contributed by atoms with Gasteiger partial charge in [0.25, 0.3) is 0 Å². The van der Waals surface area contributed by atoms with Gasteiger partial charge < -0.3 is 22.1 Å². The number of hydrogen-bond acceptors (Lipinski definition) is 6. The maximum absolute atomic E-state index is 6.23. The molecule has 0 bridgehead atoms. The van der Waals surface area contributed by atoms with Gasteiger partial charge in [-0.1, -0.05) is 18.2 Å². The lowest BCUT2D eigenvalue weighted by molar-refractivity contribution is 0.683. The molecule has 3 aromatic rings. The van der Waals surface area contributed by atoms with Crippen LogP contribution in [-0.2, 0) is 0 Å². The summed E-state index contributed by atoms with van der Waals surface area (Å²) in [4.78, 5) is 8.63. The first-order valence-corrected chi connectivity index (χ1v) is 10.4. The van der Waals surface area contributed by atoms with E-state index in [9.17, 15) is 0 Å². The van der Waals surface area contributed by atoms with Gasteiger partial charge in [0, 0.05) is 60.1 Å². The molecule has 4 rings (SSSR count). The lowest BCUT2D eigenvalue weighted by Gasteiger charge is -2.22. The molecule has 0 radical (unpaired) electrons. The second kappa shape index (κ2) is 8.92. The van der Waals surface area contributed by atoms with Crippen molar-refractivity contribution in [1.82, 2.24) is 10.3 Å². The first-order chi connectivity index (χ1) is 15.1. The third kappa shape index (κ3) is 4.10. The largest absolute Gasteiger partial charge is 0.404 e. The maximum atomic E-state index is 6.23. The third-order valence-corrected chi connectivity index (χ3v) is 5.58. The molecule has 6 N–H and O–H groups in total. The molecular formula is C25H28N6. The molecule has 0 saturated heterocycles. The Kier molecular flexibility index (Phi) is 5.89. The van der Waals surface area contributed by atoms with E-state index in [1.54, 1.807) is 19.5 Å². The van der Waals surface area contributed by atoms with Crippen LogP contribution in [0.4, 0.5) is 5.69 Å². The lowest BCUT2D eigenvalue weighted by Crippen LogP contribution is -2.16. The molecule has 31 heavy (non-hydrogen) atoms. The van der Waals surface area contributed by atoms with Gasteiger partial charge in [0.1, 0.15) is 0 Å². The van der Waals surface area contributed by atoms with Gasteiger partial charge in [-0.15, -0.1) is 0 Å². The minimum atomic E-state index is 0.0858. The van der Waals surface area contributed by atoms with Crippen LogP contribution in [0, 0.1) is 0 Å². The Balaban J connectivity index is 1.84. The number of rotatable bonds is 4. The highest BCUT2D eigenvalue weighted by molar-refractivity contribution is 6.09. The zero-order valence-corrected chi connectivity index (χ0v) is 17.9. The fourth-order valence-electron chi connectivity index (χ4n) is 4.12. The Hall–Kier alpha value is -3.80. The number of allylic oxidation sites excluding steroid dienone is 2. The number of benzene rings is 2. The topological polar surface area (TPSA) is 101 Å². The Bertz CT molecular complexity index is 1180. The highest BCUT2D eigenvalue weighted by Crippen LogP contribution is 2.35. The van der Waals surface area contributed by atoms with E-state index in [1.165, 1.54) is 5.56 Å². The number of nitrogens with one attached hydrogen (secondary N) is 2. The molecular weight excluding hydrogens is 384 g/mol. The molecule has 158 valence electrons. The van der Waals surface area contributed by atoms with E-state index in [0.717, 1.165) is 57.6 Å². The molecule has 0 spiro atoms. The van der Waals surface area contributed by atoms with Gasteiger partial charge >= 0.3 is 0 Å². The highest BCUT2D eigenvalue weighted by atomic mass is 15.0. The fourth-order valence-corrected chi connectivity index (χ4v) is 4.12. The summed E-state index contributed by atoms with van der Waals surface area (Å²) in [5.74, 6) is 0. The highest BCUT2D eigenvalue weighted by Gasteiger charge is 2.23. The summed E-state index contributed by atoms with van der Waals surface area (Å²) in [5.41, 5.74) is 20.1. The van der Waals surface area contributed by atoms with Crippen LogP contribution in [0.3, 0.4) is 0 Å². The van der Waals surface area contributed by atoms with Crippen molar-refractivity contribution in [2.45, 2.75) is 19.4 Å². The molecule has 2 heterocycles. The van der Waals surface area contributed by atoms with Crippen LogP contribution in [0.25, 0.3) is 22.2 Å². The predicted molar refractivity (Wildman–Crippen MR) is 131 cm³/mol. The van der Waals surface area contributed by atoms with Crippen molar-refractivity contribution in [1.29, 1.82) is 0 Å². The second-order valence-corrected chi connectivity index (χ2v) is 7.66. The maximum Gasteiger partial charge on any atom is 0.0722 e. The van der Waals surface area contributed by atoms with Crippen molar-refractivity contribution in [2.75, 3.05) is 18.9 Å². The third-order valence-electron chi connectivity index (χ3n) is 5.58. The summed E-state index contributed by atoms with van der Waals surface area (Å²) in [6.45, 7) is 2.74. The molecule has 0 aliphatic carbocycles. The number of fused-ring (bicyclic) bond motifs is 2. The molecule has 1 aliphatic heterocycles. The van der Waals surface area contributed by atoms with Crippen molar-refractivity contribution in [3.8, 4) is 0 Å². The molecule has 1 unspecified atom stereocenters. The number of nitrogens with two attached hydrogens (primary N) is 2. The van der Waals surface area contributed by atoms with E-state index in [-0.39, 0.29) is 6.04 Å².